The van der Waals surface area contributed by atoms with Crippen LogP contribution in [-0.4, -0.2) is 71.3 Å². The number of rotatable bonds is 6. The zero-order chi connectivity index (χ0) is 24.2. The maximum Gasteiger partial charge on any atom is 0.490 e. The van der Waals surface area contributed by atoms with Gasteiger partial charge in [-0.2, -0.15) is 18.3 Å². The zero-order valence-corrected chi connectivity index (χ0v) is 19.8. The standard InChI is InChI=1S/C20H36N4O.C2HF3O2/c1-19(2)14-20(25-15-19)8-6-16(7-9-20)18-17(12-22-24(18)5)13-23(4)11-10-21-3;3-2(4,5)1(6)7/h12,16,21H,6-11,13-15H2,1-5H3;(H,6,7). The highest BCUT2D eigenvalue weighted by Gasteiger charge is 2.46. The minimum absolute atomic E-state index is 0.155. The molecule has 1 spiro atoms. The van der Waals surface area contributed by atoms with E-state index in [0.29, 0.717) is 11.3 Å². The zero-order valence-electron chi connectivity index (χ0n) is 19.8. The van der Waals surface area contributed by atoms with E-state index < -0.39 is 12.1 Å². The fourth-order valence-electron chi connectivity index (χ4n) is 4.87. The average Bonchev–Trinajstić information content (AvgIpc) is 3.20. The number of carboxylic acids is 1. The van der Waals surface area contributed by atoms with E-state index in [2.05, 4.69) is 54.1 Å². The number of hydrogen-bond donors (Lipinski definition) is 2. The van der Waals surface area contributed by atoms with Gasteiger partial charge in [-0.1, -0.05) is 13.8 Å². The Bertz CT molecular complexity index is 756. The van der Waals surface area contributed by atoms with Crippen molar-refractivity contribution in [1.82, 2.24) is 20.0 Å². The summed E-state index contributed by atoms with van der Waals surface area (Å²) >= 11 is 0. The quantitative estimate of drug-likeness (QED) is 0.673. The SMILES string of the molecule is CNCCN(C)Cc1cnn(C)c1C1CCC2(CC1)CC(C)(C)CO2.O=C(O)C(F)(F)F. The van der Waals surface area contributed by atoms with Gasteiger partial charge in [0.2, 0.25) is 0 Å². The number of aliphatic carboxylic acids is 1. The van der Waals surface area contributed by atoms with Crippen LogP contribution >= 0.6 is 0 Å². The fraction of sp³-hybridized carbons (Fsp3) is 0.818. The van der Waals surface area contributed by atoms with E-state index in [0.717, 1.165) is 26.2 Å². The number of aromatic nitrogens is 2. The minimum Gasteiger partial charge on any atom is -0.475 e. The molecule has 32 heavy (non-hydrogen) atoms. The number of ether oxygens (including phenoxy) is 1. The summed E-state index contributed by atoms with van der Waals surface area (Å²) in [7, 11) is 6.30. The molecule has 1 saturated heterocycles. The van der Waals surface area contributed by atoms with Crippen molar-refractivity contribution in [2.45, 2.75) is 70.2 Å². The normalized spacial score (nSPS) is 25.1. The topological polar surface area (TPSA) is 79.6 Å². The molecule has 0 unspecified atom stereocenters. The van der Waals surface area contributed by atoms with Crippen LogP contribution in [0.2, 0.25) is 0 Å². The minimum atomic E-state index is -5.08. The van der Waals surface area contributed by atoms with Gasteiger partial charge in [-0.15, -0.1) is 0 Å². The van der Waals surface area contributed by atoms with Crippen LogP contribution in [0.1, 0.15) is 63.1 Å². The predicted octanol–water partition coefficient (Wildman–Crippen LogP) is 3.55. The van der Waals surface area contributed by atoms with Gasteiger partial charge in [-0.05, 0) is 51.6 Å². The first-order valence-electron chi connectivity index (χ1n) is 11.1. The molecule has 7 nitrogen and oxygen atoms in total. The van der Waals surface area contributed by atoms with Gasteiger partial charge in [0.25, 0.3) is 0 Å². The molecule has 1 aliphatic carbocycles. The molecule has 0 aromatic carbocycles. The average molecular weight is 463 g/mol. The summed E-state index contributed by atoms with van der Waals surface area (Å²) in [5.41, 5.74) is 3.35. The number of alkyl halides is 3. The Morgan fingerprint density at radius 1 is 1.38 bits per heavy atom. The van der Waals surface area contributed by atoms with Gasteiger partial charge in [0.05, 0.1) is 18.4 Å². The largest absolute Gasteiger partial charge is 0.490 e. The van der Waals surface area contributed by atoms with Crippen molar-refractivity contribution in [3.8, 4) is 0 Å². The molecule has 0 amide bonds. The summed E-state index contributed by atoms with van der Waals surface area (Å²) < 4.78 is 40.1. The second-order valence-corrected chi connectivity index (χ2v) is 9.91. The third kappa shape index (κ3) is 7.18. The van der Waals surface area contributed by atoms with Crippen LogP contribution in [0.15, 0.2) is 6.20 Å². The highest BCUT2D eigenvalue weighted by molar-refractivity contribution is 5.73. The summed E-state index contributed by atoms with van der Waals surface area (Å²) in [6.07, 6.45) is 3.05. The molecular weight excluding hydrogens is 425 g/mol. The van der Waals surface area contributed by atoms with E-state index in [9.17, 15) is 13.2 Å². The maximum absolute atomic E-state index is 10.6. The van der Waals surface area contributed by atoms with Crippen LogP contribution in [0.3, 0.4) is 0 Å². The van der Waals surface area contributed by atoms with Gasteiger partial charge in [0.1, 0.15) is 0 Å². The molecule has 1 aliphatic heterocycles. The van der Waals surface area contributed by atoms with Gasteiger partial charge in [-0.25, -0.2) is 4.79 Å². The Labute approximate surface area is 188 Å². The molecule has 1 saturated carbocycles. The lowest BCUT2D eigenvalue weighted by molar-refractivity contribution is -0.192. The molecule has 0 radical (unpaired) electrons. The Morgan fingerprint density at radius 2 is 1.97 bits per heavy atom. The molecule has 1 aromatic heterocycles. The van der Waals surface area contributed by atoms with E-state index >= 15 is 0 Å². The number of carbonyl (C=O) groups is 1. The van der Waals surface area contributed by atoms with Crippen molar-refractivity contribution >= 4 is 5.97 Å². The number of likely N-dealkylation sites (N-methyl/N-ethyl adjacent to an activating group) is 2. The number of nitrogens with zero attached hydrogens (tertiary/aromatic N) is 3. The van der Waals surface area contributed by atoms with Crippen LogP contribution in [0.4, 0.5) is 13.2 Å². The predicted molar refractivity (Wildman–Crippen MR) is 115 cm³/mol. The van der Waals surface area contributed by atoms with Crippen molar-refractivity contribution < 1.29 is 27.8 Å². The lowest BCUT2D eigenvalue weighted by Crippen LogP contribution is -2.34. The maximum atomic E-state index is 10.6. The Balaban J connectivity index is 0.000000451. The second kappa shape index (κ2) is 10.5. The van der Waals surface area contributed by atoms with Gasteiger partial charge in [-0.3, -0.25) is 4.68 Å². The third-order valence-electron chi connectivity index (χ3n) is 6.34. The first kappa shape index (κ1) is 26.6. The lowest BCUT2D eigenvalue weighted by atomic mass is 9.72. The van der Waals surface area contributed by atoms with Crippen molar-refractivity contribution in [3.63, 3.8) is 0 Å². The third-order valence-corrected chi connectivity index (χ3v) is 6.34. The number of aryl methyl sites for hydroxylation is 1. The molecule has 10 heteroatoms. The monoisotopic (exact) mass is 462 g/mol. The molecule has 3 rings (SSSR count). The van der Waals surface area contributed by atoms with E-state index in [1.54, 1.807) is 0 Å². The van der Waals surface area contributed by atoms with Crippen LogP contribution in [-0.2, 0) is 23.1 Å². The van der Waals surface area contributed by atoms with Crippen LogP contribution in [0.5, 0.6) is 0 Å². The highest BCUT2D eigenvalue weighted by atomic mass is 19.4. The summed E-state index contributed by atoms with van der Waals surface area (Å²) in [5.74, 6) is -2.13. The molecule has 184 valence electrons. The van der Waals surface area contributed by atoms with Crippen LogP contribution in [0, 0.1) is 5.41 Å². The lowest BCUT2D eigenvalue weighted by Gasteiger charge is -2.37. The van der Waals surface area contributed by atoms with Crippen molar-refractivity contribution in [2.24, 2.45) is 12.5 Å². The Hall–Kier alpha value is -1.65. The Kier molecular flexibility index (Phi) is 8.75. The van der Waals surface area contributed by atoms with Gasteiger partial charge < -0.3 is 20.1 Å². The molecule has 2 aliphatic rings. The van der Waals surface area contributed by atoms with Gasteiger partial charge >= 0.3 is 12.1 Å². The molecule has 2 heterocycles. The van der Waals surface area contributed by atoms with E-state index in [4.69, 9.17) is 14.6 Å². The second-order valence-electron chi connectivity index (χ2n) is 9.91. The number of carboxylic acid groups (broad SMARTS) is 1. The van der Waals surface area contributed by atoms with E-state index in [-0.39, 0.29) is 5.60 Å². The van der Waals surface area contributed by atoms with E-state index in [1.807, 2.05) is 7.05 Å². The number of hydrogen-bond acceptors (Lipinski definition) is 5. The Morgan fingerprint density at radius 3 is 2.44 bits per heavy atom. The summed E-state index contributed by atoms with van der Waals surface area (Å²) in [6, 6.07) is 0. The van der Waals surface area contributed by atoms with Crippen molar-refractivity contribution in [2.75, 3.05) is 33.8 Å². The molecule has 2 fully saturated rings. The molecule has 1 aromatic rings. The van der Waals surface area contributed by atoms with Crippen molar-refractivity contribution in [1.29, 1.82) is 0 Å². The first-order chi connectivity index (χ1) is 14.8. The van der Waals surface area contributed by atoms with E-state index in [1.165, 1.54) is 43.4 Å². The molecule has 2 N–H and O–H groups in total. The first-order valence-corrected chi connectivity index (χ1v) is 11.1. The highest BCUT2D eigenvalue weighted by Crippen LogP contribution is 2.50. The fourth-order valence-corrected chi connectivity index (χ4v) is 4.87. The summed E-state index contributed by atoms with van der Waals surface area (Å²) in [4.78, 5) is 11.3. The molecular formula is C22H37F3N4O3. The molecule has 0 atom stereocenters. The van der Waals surface area contributed by atoms with Gasteiger partial charge in [0.15, 0.2) is 0 Å². The van der Waals surface area contributed by atoms with Crippen LogP contribution < -0.4 is 5.32 Å². The van der Waals surface area contributed by atoms with Crippen LogP contribution in [0.25, 0.3) is 0 Å². The summed E-state index contributed by atoms with van der Waals surface area (Å²) in [6.45, 7) is 8.66. The number of nitrogens with one attached hydrogen (secondary N) is 1. The molecule has 0 bridgehead atoms. The van der Waals surface area contributed by atoms with Crippen molar-refractivity contribution in [3.05, 3.63) is 17.5 Å². The summed E-state index contributed by atoms with van der Waals surface area (Å²) in [5, 5.41) is 14.9. The smallest absolute Gasteiger partial charge is 0.475 e. The number of halogens is 3. The van der Waals surface area contributed by atoms with Gasteiger partial charge in [0, 0.05) is 43.9 Å².